The van der Waals surface area contributed by atoms with Gasteiger partial charge in [0.25, 0.3) is 18.0 Å². The average Bonchev–Trinajstić information content (AvgIpc) is 2.25. The summed E-state index contributed by atoms with van der Waals surface area (Å²) in [5.41, 5.74) is 0. The van der Waals surface area contributed by atoms with Crippen molar-refractivity contribution in [2.45, 2.75) is 19.5 Å². The summed E-state index contributed by atoms with van der Waals surface area (Å²) in [6, 6.07) is -0.875. The zero-order valence-electron chi connectivity index (χ0n) is 8.86. The summed E-state index contributed by atoms with van der Waals surface area (Å²) < 4.78 is 18.0. The van der Waals surface area contributed by atoms with E-state index < -0.39 is 24.0 Å². The number of imide groups is 2. The Bertz CT molecular complexity index is 308. The maximum absolute atomic E-state index is 13.0. The minimum atomic E-state index is -2.29. The maximum atomic E-state index is 13.0. The van der Waals surface area contributed by atoms with Crippen molar-refractivity contribution in [2.24, 2.45) is 0 Å². The lowest BCUT2D eigenvalue weighted by atomic mass is 10.2. The summed E-state index contributed by atoms with van der Waals surface area (Å²) in [5.74, 6) is -2.30. The van der Waals surface area contributed by atoms with E-state index >= 15 is 0 Å². The largest absolute Gasteiger partial charge is 0.382 e. The first-order valence-corrected chi connectivity index (χ1v) is 4.96. The Morgan fingerprint density at radius 1 is 1.44 bits per heavy atom. The van der Waals surface area contributed by atoms with Crippen LogP contribution in [0.3, 0.4) is 0 Å². The van der Waals surface area contributed by atoms with Crippen LogP contribution in [0.2, 0.25) is 0 Å². The number of carbonyl (C=O) groups is 3. The van der Waals surface area contributed by atoms with E-state index in [9.17, 15) is 18.8 Å². The van der Waals surface area contributed by atoms with Crippen molar-refractivity contribution < 1.29 is 23.5 Å². The van der Waals surface area contributed by atoms with E-state index in [0.29, 0.717) is 24.5 Å². The second-order valence-electron chi connectivity index (χ2n) is 3.20. The third-order valence-corrected chi connectivity index (χ3v) is 2.06. The molecule has 1 aliphatic rings. The first-order chi connectivity index (χ1) is 7.57. The molecule has 1 heterocycles. The highest BCUT2D eigenvalue weighted by Crippen LogP contribution is 2.07. The fourth-order valence-corrected chi connectivity index (χ4v) is 1.27. The van der Waals surface area contributed by atoms with E-state index in [1.807, 2.05) is 6.92 Å². The Labute approximate surface area is 91.7 Å². The van der Waals surface area contributed by atoms with Crippen LogP contribution in [-0.4, -0.2) is 48.7 Å². The summed E-state index contributed by atoms with van der Waals surface area (Å²) in [4.78, 5) is 33.9. The molecule has 1 aliphatic heterocycles. The SMILES string of the molecule is CCOCCCN1C(=O)NC(=O)C(F)C1=O. The lowest BCUT2D eigenvalue weighted by molar-refractivity contribution is -0.143. The number of rotatable bonds is 5. The van der Waals surface area contributed by atoms with E-state index in [2.05, 4.69) is 0 Å². The summed E-state index contributed by atoms with van der Waals surface area (Å²) in [5, 5.41) is 1.76. The molecule has 1 saturated heterocycles. The van der Waals surface area contributed by atoms with Crippen LogP contribution in [0, 0.1) is 0 Å². The second-order valence-corrected chi connectivity index (χ2v) is 3.20. The molecule has 1 unspecified atom stereocenters. The first-order valence-electron chi connectivity index (χ1n) is 4.96. The monoisotopic (exact) mass is 232 g/mol. The molecule has 0 spiro atoms. The Balaban J connectivity index is 2.48. The quantitative estimate of drug-likeness (QED) is 0.527. The molecular weight excluding hydrogens is 219 g/mol. The molecule has 90 valence electrons. The van der Waals surface area contributed by atoms with Gasteiger partial charge in [0, 0.05) is 19.8 Å². The number of urea groups is 1. The van der Waals surface area contributed by atoms with E-state index in [1.54, 1.807) is 5.32 Å². The van der Waals surface area contributed by atoms with Crippen molar-refractivity contribution in [1.29, 1.82) is 0 Å². The van der Waals surface area contributed by atoms with Crippen LogP contribution in [0.4, 0.5) is 9.18 Å². The molecule has 0 aromatic rings. The number of amides is 4. The first kappa shape index (κ1) is 12.6. The summed E-state index contributed by atoms with van der Waals surface area (Å²) >= 11 is 0. The van der Waals surface area contributed by atoms with Crippen LogP contribution < -0.4 is 5.32 Å². The minimum absolute atomic E-state index is 0.0400. The number of hydrogen-bond donors (Lipinski definition) is 1. The predicted molar refractivity (Wildman–Crippen MR) is 51.3 cm³/mol. The summed E-state index contributed by atoms with van der Waals surface area (Å²) in [7, 11) is 0. The van der Waals surface area contributed by atoms with Crippen LogP contribution in [0.25, 0.3) is 0 Å². The van der Waals surface area contributed by atoms with Crippen molar-refractivity contribution in [1.82, 2.24) is 10.2 Å². The van der Waals surface area contributed by atoms with Gasteiger partial charge in [-0.3, -0.25) is 19.8 Å². The Morgan fingerprint density at radius 3 is 2.75 bits per heavy atom. The Hall–Kier alpha value is -1.50. The molecule has 0 aromatic heterocycles. The molecule has 1 N–H and O–H groups in total. The molecule has 0 saturated carbocycles. The molecular formula is C9H13FN2O4. The smallest absolute Gasteiger partial charge is 0.330 e. The van der Waals surface area contributed by atoms with Gasteiger partial charge >= 0.3 is 6.03 Å². The Kier molecular flexibility index (Phi) is 4.36. The maximum Gasteiger partial charge on any atom is 0.330 e. The van der Waals surface area contributed by atoms with Gasteiger partial charge in [-0.25, -0.2) is 9.18 Å². The van der Waals surface area contributed by atoms with Crippen LogP contribution in [0.5, 0.6) is 0 Å². The molecule has 16 heavy (non-hydrogen) atoms. The highest BCUT2D eigenvalue weighted by molar-refractivity contribution is 6.17. The van der Waals surface area contributed by atoms with E-state index in [-0.39, 0.29) is 6.54 Å². The number of halogens is 1. The normalized spacial score (nSPS) is 21.2. The molecule has 1 atom stereocenters. The van der Waals surface area contributed by atoms with Gasteiger partial charge in [0.1, 0.15) is 0 Å². The number of hydrogen-bond acceptors (Lipinski definition) is 4. The van der Waals surface area contributed by atoms with Gasteiger partial charge in [-0.05, 0) is 13.3 Å². The summed E-state index contributed by atoms with van der Waals surface area (Å²) in [6.45, 7) is 2.76. The molecule has 7 heteroatoms. The third-order valence-electron chi connectivity index (χ3n) is 2.06. The van der Waals surface area contributed by atoms with Gasteiger partial charge in [0.15, 0.2) is 0 Å². The van der Waals surface area contributed by atoms with Crippen LogP contribution in [0.15, 0.2) is 0 Å². The minimum Gasteiger partial charge on any atom is -0.382 e. The second kappa shape index (κ2) is 5.55. The number of nitrogens with zero attached hydrogens (tertiary/aromatic N) is 1. The standard InChI is InChI=1S/C9H13FN2O4/c1-2-16-5-3-4-12-8(14)6(10)7(13)11-9(12)15/h6H,2-5H2,1H3,(H,11,13,15). The van der Waals surface area contributed by atoms with E-state index in [0.717, 1.165) is 0 Å². The van der Waals surface area contributed by atoms with Crippen LogP contribution in [0.1, 0.15) is 13.3 Å². The van der Waals surface area contributed by atoms with Crippen molar-refractivity contribution in [3.63, 3.8) is 0 Å². The molecule has 0 aromatic carbocycles. The third kappa shape index (κ3) is 2.75. The summed E-state index contributed by atoms with van der Waals surface area (Å²) in [6.07, 6.45) is -1.88. The highest BCUT2D eigenvalue weighted by Gasteiger charge is 2.40. The van der Waals surface area contributed by atoms with Crippen molar-refractivity contribution >= 4 is 17.8 Å². The number of alkyl halides is 1. The molecule has 4 amide bonds. The fourth-order valence-electron chi connectivity index (χ4n) is 1.27. The zero-order chi connectivity index (χ0) is 12.1. The van der Waals surface area contributed by atoms with Gasteiger partial charge in [-0.15, -0.1) is 0 Å². The van der Waals surface area contributed by atoms with Gasteiger partial charge < -0.3 is 4.74 Å². The topological polar surface area (TPSA) is 75.7 Å². The van der Waals surface area contributed by atoms with Crippen LogP contribution in [-0.2, 0) is 14.3 Å². The van der Waals surface area contributed by atoms with Gasteiger partial charge in [0.2, 0.25) is 0 Å². The predicted octanol–water partition coefficient (Wildman–Crippen LogP) is -0.171. The Morgan fingerprint density at radius 2 is 2.12 bits per heavy atom. The zero-order valence-corrected chi connectivity index (χ0v) is 8.86. The molecule has 0 bridgehead atoms. The van der Waals surface area contributed by atoms with Crippen molar-refractivity contribution in [3.8, 4) is 0 Å². The molecule has 0 aliphatic carbocycles. The van der Waals surface area contributed by atoms with Crippen molar-refractivity contribution in [3.05, 3.63) is 0 Å². The fraction of sp³-hybridized carbons (Fsp3) is 0.667. The highest BCUT2D eigenvalue weighted by atomic mass is 19.1. The number of barbiturate groups is 1. The number of ether oxygens (including phenoxy) is 1. The lowest BCUT2D eigenvalue weighted by Crippen LogP contribution is -2.59. The molecule has 1 rings (SSSR count). The lowest BCUT2D eigenvalue weighted by Gasteiger charge is -2.26. The molecule has 0 radical (unpaired) electrons. The van der Waals surface area contributed by atoms with E-state index in [1.165, 1.54) is 0 Å². The molecule has 1 fully saturated rings. The number of carbonyl (C=O) groups excluding carboxylic acids is 3. The van der Waals surface area contributed by atoms with Gasteiger partial charge in [0.05, 0.1) is 0 Å². The van der Waals surface area contributed by atoms with Crippen LogP contribution >= 0.6 is 0 Å². The van der Waals surface area contributed by atoms with Gasteiger partial charge in [-0.2, -0.15) is 0 Å². The molecule has 6 nitrogen and oxygen atoms in total. The average molecular weight is 232 g/mol. The van der Waals surface area contributed by atoms with Crippen molar-refractivity contribution in [2.75, 3.05) is 19.8 Å². The van der Waals surface area contributed by atoms with E-state index in [4.69, 9.17) is 4.74 Å². The van der Waals surface area contributed by atoms with Gasteiger partial charge in [-0.1, -0.05) is 0 Å². The number of nitrogens with one attached hydrogen (secondary N) is 1.